The lowest BCUT2D eigenvalue weighted by Crippen LogP contribution is -2.14. The van der Waals surface area contributed by atoms with Crippen molar-refractivity contribution in [2.75, 3.05) is 16.4 Å². The second-order valence-corrected chi connectivity index (χ2v) is 7.76. The molecule has 0 aliphatic carbocycles. The van der Waals surface area contributed by atoms with E-state index in [0.717, 1.165) is 27.9 Å². The van der Waals surface area contributed by atoms with Gasteiger partial charge in [-0.3, -0.25) is 4.79 Å². The van der Waals surface area contributed by atoms with Gasteiger partial charge in [-0.1, -0.05) is 35.5 Å². The predicted octanol–water partition coefficient (Wildman–Crippen LogP) is 4.08. The van der Waals surface area contributed by atoms with Gasteiger partial charge in [-0.15, -0.1) is 10.2 Å². The van der Waals surface area contributed by atoms with Crippen molar-refractivity contribution in [3.63, 3.8) is 0 Å². The van der Waals surface area contributed by atoms with Crippen molar-refractivity contribution in [3.05, 3.63) is 65.0 Å². The maximum Gasteiger partial charge on any atom is 0.234 e. The summed E-state index contributed by atoms with van der Waals surface area (Å²) in [5, 5.41) is 15.4. The number of amides is 1. The number of rotatable bonds is 7. The van der Waals surface area contributed by atoms with Gasteiger partial charge in [0.2, 0.25) is 5.91 Å². The minimum absolute atomic E-state index is 0.0596. The van der Waals surface area contributed by atoms with Crippen molar-refractivity contribution >= 4 is 29.0 Å². The Morgan fingerprint density at radius 2 is 1.71 bits per heavy atom. The fourth-order valence-corrected chi connectivity index (χ4v) is 3.35. The molecule has 0 aliphatic rings. The molecule has 6 nitrogen and oxygen atoms in total. The average Bonchev–Trinajstić information content (AvgIpc) is 3.02. The third-order valence-corrected chi connectivity index (χ3v) is 5.57. The van der Waals surface area contributed by atoms with Crippen molar-refractivity contribution in [2.45, 2.75) is 32.5 Å². The number of hydrogen-bond acceptors (Lipinski definition) is 5. The maximum absolute atomic E-state index is 12.2. The molecule has 0 radical (unpaired) electrons. The monoisotopic (exact) mass is 395 g/mol. The quantitative estimate of drug-likeness (QED) is 0.590. The Balaban J connectivity index is 1.52. The maximum atomic E-state index is 12.2. The zero-order valence-electron chi connectivity index (χ0n) is 16.6. The van der Waals surface area contributed by atoms with Crippen LogP contribution < -0.4 is 10.6 Å². The van der Waals surface area contributed by atoms with Crippen molar-refractivity contribution < 1.29 is 4.79 Å². The molecule has 1 amide bonds. The first-order valence-corrected chi connectivity index (χ1v) is 10.1. The fraction of sp³-hybridized carbons (Fsp3) is 0.286. The summed E-state index contributed by atoms with van der Waals surface area (Å²) in [6.45, 7) is 6.72. The number of aromatic nitrogens is 3. The summed E-state index contributed by atoms with van der Waals surface area (Å²) in [4.78, 5) is 12.2. The molecule has 28 heavy (non-hydrogen) atoms. The minimum atomic E-state index is -0.0596. The first-order chi connectivity index (χ1) is 13.4. The number of nitrogens with one attached hydrogen (secondary N) is 2. The molecule has 146 valence electrons. The van der Waals surface area contributed by atoms with Crippen molar-refractivity contribution in [2.24, 2.45) is 7.05 Å². The van der Waals surface area contributed by atoms with Crippen LogP contribution in [0, 0.1) is 20.8 Å². The third-order valence-electron chi connectivity index (χ3n) is 4.55. The number of thioether (sulfide) groups is 1. The first kappa shape index (κ1) is 19.9. The van der Waals surface area contributed by atoms with E-state index in [4.69, 9.17) is 0 Å². The summed E-state index contributed by atoms with van der Waals surface area (Å²) in [5.74, 6) is 1.04. The van der Waals surface area contributed by atoms with E-state index in [1.807, 2.05) is 48.9 Å². The normalized spacial score (nSPS) is 10.7. The molecule has 0 unspecified atom stereocenters. The summed E-state index contributed by atoms with van der Waals surface area (Å²) in [7, 11) is 1.91. The van der Waals surface area contributed by atoms with Crippen LogP contribution in [-0.4, -0.2) is 26.4 Å². The lowest BCUT2D eigenvalue weighted by Gasteiger charge is -2.08. The standard InChI is InChI=1S/C21H25N5OS/c1-14-5-8-17(9-6-14)22-12-19-24-25-21(26(19)4)28-13-20(27)23-18-10-7-15(2)16(3)11-18/h5-11,22H,12-13H2,1-4H3,(H,23,27). The number of benzene rings is 2. The molecule has 3 aromatic rings. The van der Waals surface area contributed by atoms with Crippen molar-refractivity contribution in [3.8, 4) is 0 Å². The van der Waals surface area contributed by atoms with Gasteiger partial charge in [0.25, 0.3) is 0 Å². The van der Waals surface area contributed by atoms with Crippen LogP contribution in [0.2, 0.25) is 0 Å². The van der Waals surface area contributed by atoms with Gasteiger partial charge in [-0.25, -0.2) is 0 Å². The summed E-state index contributed by atoms with van der Waals surface area (Å²) in [5.41, 5.74) is 5.44. The van der Waals surface area contributed by atoms with Gasteiger partial charge in [-0.2, -0.15) is 0 Å². The number of anilines is 2. The van der Waals surface area contributed by atoms with Crippen LogP contribution in [0.3, 0.4) is 0 Å². The van der Waals surface area contributed by atoms with Crippen LogP contribution >= 0.6 is 11.8 Å². The Hall–Kier alpha value is -2.80. The summed E-state index contributed by atoms with van der Waals surface area (Å²) in [6, 6.07) is 14.1. The number of carbonyl (C=O) groups excluding carboxylic acids is 1. The molecule has 0 spiro atoms. The smallest absolute Gasteiger partial charge is 0.234 e. The Kier molecular flexibility index (Phi) is 6.36. The van der Waals surface area contributed by atoms with E-state index < -0.39 is 0 Å². The molecule has 0 saturated carbocycles. The topological polar surface area (TPSA) is 71.8 Å². The SMILES string of the molecule is Cc1ccc(NCc2nnc(SCC(=O)Nc3ccc(C)c(C)c3)n2C)cc1. The Morgan fingerprint density at radius 1 is 1.00 bits per heavy atom. The van der Waals surface area contributed by atoms with Crippen molar-refractivity contribution in [1.29, 1.82) is 0 Å². The highest BCUT2D eigenvalue weighted by Crippen LogP contribution is 2.18. The van der Waals surface area contributed by atoms with Gasteiger partial charge in [0.1, 0.15) is 0 Å². The molecular weight excluding hydrogens is 370 g/mol. The average molecular weight is 396 g/mol. The number of aryl methyl sites for hydroxylation is 3. The summed E-state index contributed by atoms with van der Waals surface area (Å²) >= 11 is 1.38. The highest BCUT2D eigenvalue weighted by molar-refractivity contribution is 7.99. The zero-order valence-corrected chi connectivity index (χ0v) is 17.4. The lowest BCUT2D eigenvalue weighted by molar-refractivity contribution is -0.113. The van der Waals surface area contributed by atoms with Gasteiger partial charge >= 0.3 is 0 Å². The molecule has 1 heterocycles. The molecule has 0 aliphatic heterocycles. The number of carbonyl (C=O) groups is 1. The highest BCUT2D eigenvalue weighted by atomic mass is 32.2. The van der Waals surface area contributed by atoms with E-state index >= 15 is 0 Å². The predicted molar refractivity (Wildman–Crippen MR) is 115 cm³/mol. The van der Waals surface area contributed by atoms with Gasteiger partial charge in [0, 0.05) is 18.4 Å². The Bertz CT molecular complexity index is 965. The third kappa shape index (κ3) is 5.13. The molecule has 0 fully saturated rings. The molecule has 1 aromatic heterocycles. The van der Waals surface area contributed by atoms with Crippen LogP contribution in [0.1, 0.15) is 22.5 Å². The van der Waals surface area contributed by atoms with Gasteiger partial charge in [-0.05, 0) is 56.2 Å². The van der Waals surface area contributed by atoms with Crippen LogP contribution in [0.4, 0.5) is 11.4 Å². The molecule has 3 rings (SSSR count). The molecule has 7 heteroatoms. The fourth-order valence-electron chi connectivity index (χ4n) is 2.62. The molecule has 2 aromatic carbocycles. The molecular formula is C21H25N5OS. The van der Waals surface area contributed by atoms with Crippen LogP contribution in [0.15, 0.2) is 47.6 Å². The van der Waals surface area contributed by atoms with E-state index in [1.54, 1.807) is 0 Å². The van der Waals surface area contributed by atoms with Gasteiger partial charge in [0.15, 0.2) is 11.0 Å². The van der Waals surface area contributed by atoms with Gasteiger partial charge in [0.05, 0.1) is 12.3 Å². The second kappa shape index (κ2) is 8.93. The summed E-state index contributed by atoms with van der Waals surface area (Å²) < 4.78 is 1.91. The molecule has 0 atom stereocenters. The highest BCUT2D eigenvalue weighted by Gasteiger charge is 2.12. The van der Waals surface area contributed by atoms with Crippen LogP contribution in [-0.2, 0) is 18.4 Å². The lowest BCUT2D eigenvalue weighted by atomic mass is 10.1. The largest absolute Gasteiger partial charge is 0.378 e. The number of hydrogen-bond donors (Lipinski definition) is 2. The Labute approximate surface area is 169 Å². The van der Waals surface area contributed by atoms with Crippen molar-refractivity contribution in [1.82, 2.24) is 14.8 Å². The second-order valence-electron chi connectivity index (χ2n) is 6.81. The minimum Gasteiger partial charge on any atom is -0.378 e. The molecule has 0 bridgehead atoms. The van der Waals surface area contributed by atoms with E-state index in [2.05, 4.69) is 46.8 Å². The summed E-state index contributed by atoms with van der Waals surface area (Å²) in [6.07, 6.45) is 0. The Morgan fingerprint density at radius 3 is 2.43 bits per heavy atom. The van der Waals surface area contributed by atoms with Crippen LogP contribution in [0.25, 0.3) is 0 Å². The number of nitrogens with zero attached hydrogens (tertiary/aromatic N) is 3. The molecule has 0 saturated heterocycles. The first-order valence-electron chi connectivity index (χ1n) is 9.11. The van der Waals surface area contributed by atoms with Crippen LogP contribution in [0.5, 0.6) is 0 Å². The molecule has 2 N–H and O–H groups in total. The van der Waals surface area contributed by atoms with E-state index in [9.17, 15) is 4.79 Å². The zero-order chi connectivity index (χ0) is 20.1. The van der Waals surface area contributed by atoms with E-state index in [0.29, 0.717) is 6.54 Å². The van der Waals surface area contributed by atoms with E-state index in [-0.39, 0.29) is 11.7 Å². The van der Waals surface area contributed by atoms with Gasteiger partial charge < -0.3 is 15.2 Å². The van der Waals surface area contributed by atoms with E-state index in [1.165, 1.54) is 22.9 Å².